The Morgan fingerprint density at radius 3 is 2.71 bits per heavy atom. The maximum absolute atomic E-state index is 6.09. The lowest BCUT2D eigenvalue weighted by molar-refractivity contribution is -0.917. The Morgan fingerprint density at radius 1 is 1.18 bits per heavy atom. The molecule has 1 atom stereocenters. The van der Waals surface area contributed by atoms with Gasteiger partial charge in [-0.1, -0.05) is 17.7 Å². The molecule has 3 aromatic rings. The molecule has 0 aliphatic rings. The fourth-order valence-electron chi connectivity index (χ4n) is 3.01. The molecule has 6 nitrogen and oxygen atoms in total. The number of benzene rings is 2. The highest BCUT2D eigenvalue weighted by Crippen LogP contribution is 2.27. The van der Waals surface area contributed by atoms with Crippen LogP contribution in [0.5, 0.6) is 11.5 Å². The second-order valence-corrected chi connectivity index (χ2v) is 7.27. The first-order valence-electron chi connectivity index (χ1n) is 9.03. The first-order valence-corrected chi connectivity index (χ1v) is 9.82. The Balaban J connectivity index is 1.72. The predicted molar refractivity (Wildman–Crippen MR) is 112 cm³/mol. The lowest BCUT2D eigenvalue weighted by atomic mass is 10.2. The van der Waals surface area contributed by atoms with E-state index in [-0.39, 0.29) is 0 Å². The summed E-state index contributed by atoms with van der Waals surface area (Å²) in [4.78, 5) is 1.23. The molecule has 1 unspecified atom stereocenters. The van der Waals surface area contributed by atoms with Gasteiger partial charge in [0.1, 0.15) is 12.9 Å². The topological polar surface area (TPSA) is 45.7 Å². The summed E-state index contributed by atoms with van der Waals surface area (Å²) in [7, 11) is 3.75. The van der Waals surface area contributed by atoms with Gasteiger partial charge in [-0.05, 0) is 55.5 Å². The second-order valence-electron chi connectivity index (χ2n) is 6.47. The molecule has 0 saturated heterocycles. The van der Waals surface area contributed by atoms with Crippen molar-refractivity contribution in [2.24, 2.45) is 0 Å². The zero-order chi connectivity index (χ0) is 20.1. The lowest BCUT2D eigenvalue weighted by Crippen LogP contribution is -3.07. The Hall–Kier alpha value is -2.35. The molecule has 8 heteroatoms. The first-order chi connectivity index (χ1) is 13.5. The van der Waals surface area contributed by atoms with Gasteiger partial charge in [-0.3, -0.25) is 4.57 Å². The summed E-state index contributed by atoms with van der Waals surface area (Å²) in [6.07, 6.45) is 1.72. The van der Waals surface area contributed by atoms with Crippen LogP contribution in [0.3, 0.4) is 0 Å². The van der Waals surface area contributed by atoms with Crippen LogP contribution in [0.15, 0.2) is 48.8 Å². The largest absolute Gasteiger partial charge is 0.493 e. The van der Waals surface area contributed by atoms with Gasteiger partial charge in [0.25, 0.3) is 0 Å². The number of methoxy groups -OCH3 is 1. The molecule has 0 radical (unpaired) electrons. The van der Waals surface area contributed by atoms with Crippen LogP contribution in [-0.2, 0) is 13.2 Å². The quantitative estimate of drug-likeness (QED) is 0.570. The molecule has 0 aliphatic heterocycles. The molecule has 2 aromatic carbocycles. The fourth-order valence-corrected chi connectivity index (χ4v) is 3.45. The molecule has 148 valence electrons. The van der Waals surface area contributed by atoms with Crippen molar-refractivity contribution in [1.29, 1.82) is 0 Å². The van der Waals surface area contributed by atoms with Crippen LogP contribution in [0.2, 0.25) is 5.02 Å². The minimum absolute atomic E-state index is 0.606. The molecule has 0 fully saturated rings. The average Bonchev–Trinajstić information content (AvgIpc) is 3.03. The second kappa shape index (κ2) is 9.23. The molecule has 0 aliphatic carbocycles. The number of rotatable bonds is 8. The van der Waals surface area contributed by atoms with Crippen molar-refractivity contribution >= 4 is 23.8 Å². The van der Waals surface area contributed by atoms with Crippen LogP contribution in [-0.4, -0.2) is 35.1 Å². The van der Waals surface area contributed by atoms with E-state index in [1.807, 2.05) is 52.6 Å². The Morgan fingerprint density at radius 2 is 2.00 bits per heavy atom. The van der Waals surface area contributed by atoms with Crippen molar-refractivity contribution in [3.63, 3.8) is 0 Å². The fraction of sp³-hybridized carbons (Fsp3) is 0.300. The van der Waals surface area contributed by atoms with Crippen molar-refractivity contribution in [2.75, 3.05) is 20.8 Å². The Kier molecular flexibility index (Phi) is 6.72. The van der Waals surface area contributed by atoms with E-state index in [1.165, 1.54) is 4.90 Å². The molecule has 0 spiro atoms. The minimum Gasteiger partial charge on any atom is -0.493 e. The van der Waals surface area contributed by atoms with Gasteiger partial charge in [0, 0.05) is 10.6 Å². The van der Waals surface area contributed by atoms with Gasteiger partial charge >= 0.3 is 0 Å². The van der Waals surface area contributed by atoms with Crippen molar-refractivity contribution < 1.29 is 14.4 Å². The summed E-state index contributed by atoms with van der Waals surface area (Å²) in [6.45, 7) is 4.00. The summed E-state index contributed by atoms with van der Waals surface area (Å²) in [6, 6.07) is 13.6. The highest BCUT2D eigenvalue weighted by molar-refractivity contribution is 7.71. The highest BCUT2D eigenvalue weighted by Gasteiger charge is 2.12. The summed E-state index contributed by atoms with van der Waals surface area (Å²) >= 11 is 11.7. The van der Waals surface area contributed by atoms with Gasteiger partial charge in [0.2, 0.25) is 4.77 Å². The maximum Gasteiger partial charge on any atom is 0.207 e. The zero-order valence-electron chi connectivity index (χ0n) is 16.2. The molecule has 1 heterocycles. The number of aromatic nitrogens is 3. The van der Waals surface area contributed by atoms with E-state index in [0.717, 1.165) is 29.3 Å². The number of quaternary nitrogens is 1. The van der Waals surface area contributed by atoms with E-state index < -0.39 is 0 Å². The highest BCUT2D eigenvalue weighted by atomic mass is 35.5. The van der Waals surface area contributed by atoms with Gasteiger partial charge < -0.3 is 14.4 Å². The number of nitrogens with one attached hydrogen (secondary N) is 1. The lowest BCUT2D eigenvalue weighted by Gasteiger charge is -2.15. The van der Waals surface area contributed by atoms with E-state index >= 15 is 0 Å². The third kappa shape index (κ3) is 4.73. The van der Waals surface area contributed by atoms with E-state index in [9.17, 15) is 0 Å². The van der Waals surface area contributed by atoms with Crippen molar-refractivity contribution in [3.8, 4) is 17.2 Å². The molecule has 0 bridgehead atoms. The molecular weight excluding hydrogens is 396 g/mol. The Bertz CT molecular complexity index is 1000. The third-order valence-electron chi connectivity index (χ3n) is 4.27. The normalized spacial score (nSPS) is 12.0. The van der Waals surface area contributed by atoms with Gasteiger partial charge in [-0.25, -0.2) is 0 Å². The van der Waals surface area contributed by atoms with Crippen LogP contribution in [0.25, 0.3) is 5.69 Å². The van der Waals surface area contributed by atoms with Crippen LogP contribution in [0.1, 0.15) is 12.5 Å². The first kappa shape index (κ1) is 20.4. The number of nitrogens with zero attached hydrogens (tertiary/aromatic N) is 3. The Labute approximate surface area is 174 Å². The molecule has 28 heavy (non-hydrogen) atoms. The summed E-state index contributed by atoms with van der Waals surface area (Å²) < 4.78 is 15.3. The summed E-state index contributed by atoms with van der Waals surface area (Å²) in [5.74, 6) is 1.50. The number of hydrogen-bond donors (Lipinski definition) is 1. The van der Waals surface area contributed by atoms with Crippen molar-refractivity contribution in [2.45, 2.75) is 20.1 Å². The monoisotopic (exact) mass is 419 g/mol. The van der Waals surface area contributed by atoms with Crippen molar-refractivity contribution in [1.82, 2.24) is 14.3 Å². The minimum atomic E-state index is 0.606. The maximum atomic E-state index is 6.09. The molecular formula is C20H24ClN4O2S+. The van der Waals surface area contributed by atoms with Crippen LogP contribution < -0.4 is 14.4 Å². The molecule has 0 amide bonds. The number of halogens is 1. The van der Waals surface area contributed by atoms with E-state index in [2.05, 4.69) is 18.2 Å². The van der Waals surface area contributed by atoms with E-state index in [4.69, 9.17) is 33.3 Å². The van der Waals surface area contributed by atoms with Gasteiger partial charge in [0.15, 0.2) is 18.2 Å². The standard InChI is InChI=1S/C20H23ClN4O2S/c1-4-27-18-9-8-15(10-19(18)26-3)12-23(2)14-25-20(28)24(13-22-25)17-7-5-6-16(21)11-17/h5-11,13H,4,12,14H2,1-3H3/p+1. The summed E-state index contributed by atoms with van der Waals surface area (Å²) in [5.41, 5.74) is 2.05. The van der Waals surface area contributed by atoms with E-state index in [1.54, 1.807) is 13.4 Å². The van der Waals surface area contributed by atoms with Crippen LogP contribution >= 0.6 is 23.8 Å². The van der Waals surface area contributed by atoms with E-state index in [0.29, 0.717) is 23.1 Å². The summed E-state index contributed by atoms with van der Waals surface area (Å²) in [5, 5.41) is 5.11. The molecule has 1 aromatic heterocycles. The average molecular weight is 420 g/mol. The van der Waals surface area contributed by atoms with Gasteiger partial charge in [-0.15, -0.1) is 0 Å². The smallest absolute Gasteiger partial charge is 0.207 e. The van der Waals surface area contributed by atoms with Crippen molar-refractivity contribution in [3.05, 3.63) is 64.1 Å². The van der Waals surface area contributed by atoms with Gasteiger partial charge in [0.05, 0.1) is 26.5 Å². The van der Waals surface area contributed by atoms with Crippen LogP contribution in [0, 0.1) is 4.77 Å². The molecule has 0 saturated carbocycles. The number of hydrogen-bond acceptors (Lipinski definition) is 4. The number of ether oxygens (including phenoxy) is 2. The predicted octanol–water partition coefficient (Wildman–Crippen LogP) is 3.14. The third-order valence-corrected chi connectivity index (χ3v) is 4.92. The van der Waals surface area contributed by atoms with Crippen LogP contribution in [0.4, 0.5) is 0 Å². The van der Waals surface area contributed by atoms with Gasteiger partial charge in [-0.2, -0.15) is 9.78 Å². The molecule has 3 rings (SSSR count). The SMILES string of the molecule is CCOc1ccc(C[NH+](C)Cn2ncn(-c3cccc(Cl)c3)c2=S)cc1OC. The molecule has 1 N–H and O–H groups in total. The zero-order valence-corrected chi connectivity index (χ0v) is 17.8.